The Hall–Kier alpha value is -0.830. The van der Waals surface area contributed by atoms with Crippen LogP contribution >= 0.6 is 11.3 Å². The highest BCUT2D eigenvalue weighted by molar-refractivity contribution is 7.09. The van der Waals surface area contributed by atoms with Gasteiger partial charge in [0, 0.05) is 17.8 Å². The first-order valence-corrected chi connectivity index (χ1v) is 5.50. The van der Waals surface area contributed by atoms with Gasteiger partial charge in [0.15, 0.2) is 0 Å². The molecular formula is C10H16N2S. The number of nitrogens with zero attached hydrogens (tertiary/aromatic N) is 1. The maximum atomic E-state index is 7.73. The lowest BCUT2D eigenvalue weighted by Crippen LogP contribution is -2.28. The molecule has 0 unspecified atom stereocenters. The summed E-state index contributed by atoms with van der Waals surface area (Å²) in [6.45, 7) is 5.93. The Morgan fingerprint density at radius 1 is 1.54 bits per heavy atom. The van der Waals surface area contributed by atoms with Crippen molar-refractivity contribution >= 4 is 17.2 Å². The lowest BCUT2D eigenvalue weighted by molar-refractivity contribution is 0.428. The van der Waals surface area contributed by atoms with Gasteiger partial charge in [0.25, 0.3) is 0 Å². The van der Waals surface area contributed by atoms with Crippen LogP contribution in [0.1, 0.15) is 25.1 Å². The molecule has 0 radical (unpaired) electrons. The monoisotopic (exact) mass is 196 g/mol. The van der Waals surface area contributed by atoms with Crippen molar-refractivity contribution in [2.45, 2.75) is 26.8 Å². The largest absolute Gasteiger partial charge is 0.356 e. The summed E-state index contributed by atoms with van der Waals surface area (Å²) in [6, 6.07) is 4.18. The van der Waals surface area contributed by atoms with Crippen LogP contribution in [0.2, 0.25) is 0 Å². The third kappa shape index (κ3) is 2.84. The molecule has 0 saturated carbocycles. The van der Waals surface area contributed by atoms with Crippen molar-refractivity contribution in [3.05, 3.63) is 22.4 Å². The van der Waals surface area contributed by atoms with E-state index in [0.29, 0.717) is 0 Å². The average Bonchev–Trinajstić information content (AvgIpc) is 2.65. The molecule has 1 heterocycles. The van der Waals surface area contributed by atoms with E-state index in [1.807, 2.05) is 6.92 Å². The Balaban J connectivity index is 2.54. The molecular weight excluding hydrogens is 180 g/mol. The number of amidine groups is 1. The number of thiophene rings is 1. The van der Waals surface area contributed by atoms with Crippen LogP contribution in [0.3, 0.4) is 0 Å². The van der Waals surface area contributed by atoms with E-state index in [2.05, 4.69) is 29.3 Å². The normalized spacial score (nSPS) is 10.0. The Bertz CT molecular complexity index is 254. The van der Waals surface area contributed by atoms with Gasteiger partial charge in [-0.1, -0.05) is 13.0 Å². The van der Waals surface area contributed by atoms with Gasteiger partial charge >= 0.3 is 0 Å². The molecule has 3 heteroatoms. The molecule has 0 amide bonds. The third-order valence-electron chi connectivity index (χ3n) is 2.03. The molecule has 0 bridgehead atoms. The molecule has 1 N–H and O–H groups in total. The molecule has 1 aromatic heterocycles. The minimum absolute atomic E-state index is 0.732. The molecule has 0 aliphatic heterocycles. The summed E-state index contributed by atoms with van der Waals surface area (Å²) in [6.07, 6.45) is 0.819. The molecule has 1 rings (SSSR count). The summed E-state index contributed by atoms with van der Waals surface area (Å²) in [5.74, 6) is 0.732. The number of nitrogens with one attached hydrogen (secondary N) is 1. The second-order valence-electron chi connectivity index (χ2n) is 2.89. The Morgan fingerprint density at radius 2 is 2.31 bits per heavy atom. The van der Waals surface area contributed by atoms with Crippen molar-refractivity contribution in [3.63, 3.8) is 0 Å². The van der Waals surface area contributed by atoms with Crippen molar-refractivity contribution in [2.75, 3.05) is 6.54 Å². The third-order valence-corrected chi connectivity index (χ3v) is 2.89. The first-order valence-electron chi connectivity index (χ1n) is 4.62. The van der Waals surface area contributed by atoms with E-state index in [1.165, 1.54) is 4.88 Å². The van der Waals surface area contributed by atoms with Gasteiger partial charge in [-0.15, -0.1) is 11.3 Å². The van der Waals surface area contributed by atoms with E-state index in [-0.39, 0.29) is 0 Å². The van der Waals surface area contributed by atoms with Gasteiger partial charge in [0.2, 0.25) is 0 Å². The maximum Gasteiger partial charge on any atom is 0.0958 e. The van der Waals surface area contributed by atoms with E-state index in [0.717, 1.165) is 25.3 Å². The van der Waals surface area contributed by atoms with Gasteiger partial charge in [-0.25, -0.2) is 0 Å². The van der Waals surface area contributed by atoms with Gasteiger partial charge < -0.3 is 4.90 Å². The Kier molecular flexibility index (Phi) is 3.96. The first kappa shape index (κ1) is 10.3. The smallest absolute Gasteiger partial charge is 0.0958 e. The van der Waals surface area contributed by atoms with Gasteiger partial charge in [0.1, 0.15) is 0 Å². The van der Waals surface area contributed by atoms with Crippen LogP contribution in [-0.2, 0) is 6.54 Å². The number of hydrogen-bond donors (Lipinski definition) is 1. The van der Waals surface area contributed by atoms with Crippen molar-refractivity contribution in [1.29, 1.82) is 5.41 Å². The van der Waals surface area contributed by atoms with Crippen LogP contribution in [0.4, 0.5) is 0 Å². The molecule has 0 atom stereocenters. The van der Waals surface area contributed by atoms with Crippen molar-refractivity contribution in [1.82, 2.24) is 4.90 Å². The molecule has 72 valence electrons. The SMILES string of the molecule is CCC(=N)N(CC)Cc1cccs1. The van der Waals surface area contributed by atoms with Gasteiger partial charge in [0.05, 0.1) is 12.4 Å². The lowest BCUT2D eigenvalue weighted by atomic mass is 10.3. The quantitative estimate of drug-likeness (QED) is 0.581. The molecule has 13 heavy (non-hydrogen) atoms. The fourth-order valence-corrected chi connectivity index (χ4v) is 1.93. The molecule has 2 nitrogen and oxygen atoms in total. The summed E-state index contributed by atoms with van der Waals surface area (Å²) in [7, 11) is 0. The lowest BCUT2D eigenvalue weighted by Gasteiger charge is -2.21. The van der Waals surface area contributed by atoms with Crippen LogP contribution in [0, 0.1) is 5.41 Å². The zero-order valence-corrected chi connectivity index (χ0v) is 9.03. The molecule has 0 aromatic carbocycles. The zero-order valence-electron chi connectivity index (χ0n) is 8.21. The number of rotatable bonds is 4. The van der Waals surface area contributed by atoms with Gasteiger partial charge in [-0.3, -0.25) is 5.41 Å². The fraction of sp³-hybridized carbons (Fsp3) is 0.500. The molecule has 0 aliphatic rings. The first-order chi connectivity index (χ1) is 6.27. The van der Waals surface area contributed by atoms with Gasteiger partial charge in [-0.05, 0) is 18.4 Å². The molecule has 0 fully saturated rings. The zero-order chi connectivity index (χ0) is 9.68. The van der Waals surface area contributed by atoms with Crippen LogP contribution < -0.4 is 0 Å². The summed E-state index contributed by atoms with van der Waals surface area (Å²) in [4.78, 5) is 3.44. The highest BCUT2D eigenvalue weighted by Gasteiger charge is 2.06. The predicted octanol–water partition coefficient (Wildman–Crippen LogP) is 2.96. The molecule has 0 saturated heterocycles. The standard InChI is InChI=1S/C10H16N2S/c1-3-10(11)12(4-2)8-9-6-5-7-13-9/h5-7,11H,3-4,8H2,1-2H3. The summed E-state index contributed by atoms with van der Waals surface area (Å²) < 4.78 is 0. The second kappa shape index (κ2) is 5.02. The van der Waals surface area contributed by atoms with Crippen LogP contribution in [-0.4, -0.2) is 17.3 Å². The summed E-state index contributed by atoms with van der Waals surface area (Å²) >= 11 is 1.76. The Labute approximate surface area is 83.7 Å². The summed E-state index contributed by atoms with van der Waals surface area (Å²) in [5, 5.41) is 9.81. The number of hydrogen-bond acceptors (Lipinski definition) is 2. The second-order valence-corrected chi connectivity index (χ2v) is 3.93. The van der Waals surface area contributed by atoms with E-state index in [1.54, 1.807) is 11.3 Å². The topological polar surface area (TPSA) is 27.1 Å². The predicted molar refractivity (Wildman–Crippen MR) is 58.4 cm³/mol. The molecule has 0 spiro atoms. The molecule has 0 aliphatic carbocycles. The van der Waals surface area contributed by atoms with Crippen LogP contribution in [0.25, 0.3) is 0 Å². The highest BCUT2D eigenvalue weighted by Crippen LogP contribution is 2.12. The summed E-state index contributed by atoms with van der Waals surface area (Å²) in [5.41, 5.74) is 0. The fourth-order valence-electron chi connectivity index (χ4n) is 1.21. The minimum atomic E-state index is 0.732. The van der Waals surface area contributed by atoms with Crippen LogP contribution in [0.15, 0.2) is 17.5 Å². The van der Waals surface area contributed by atoms with E-state index in [4.69, 9.17) is 5.41 Å². The minimum Gasteiger partial charge on any atom is -0.356 e. The van der Waals surface area contributed by atoms with E-state index >= 15 is 0 Å². The van der Waals surface area contributed by atoms with E-state index < -0.39 is 0 Å². The Morgan fingerprint density at radius 3 is 2.77 bits per heavy atom. The van der Waals surface area contributed by atoms with Gasteiger partial charge in [-0.2, -0.15) is 0 Å². The maximum absolute atomic E-state index is 7.73. The average molecular weight is 196 g/mol. The van der Waals surface area contributed by atoms with Crippen molar-refractivity contribution in [2.24, 2.45) is 0 Å². The van der Waals surface area contributed by atoms with Crippen molar-refractivity contribution < 1.29 is 0 Å². The van der Waals surface area contributed by atoms with Crippen LogP contribution in [0.5, 0.6) is 0 Å². The van der Waals surface area contributed by atoms with E-state index in [9.17, 15) is 0 Å². The molecule has 1 aromatic rings. The highest BCUT2D eigenvalue weighted by atomic mass is 32.1. The van der Waals surface area contributed by atoms with Crippen molar-refractivity contribution in [3.8, 4) is 0 Å².